The molecule has 1 heterocycles. The third-order valence-electron chi connectivity index (χ3n) is 5.36. The topological polar surface area (TPSA) is 80.6 Å². The molecule has 6 heteroatoms. The molecule has 1 aliphatic heterocycles. The Morgan fingerprint density at radius 1 is 0.935 bits per heavy atom. The molecule has 0 amide bonds. The van der Waals surface area contributed by atoms with E-state index in [-0.39, 0.29) is 11.3 Å². The summed E-state index contributed by atoms with van der Waals surface area (Å²) in [6.45, 7) is 0. The molecule has 0 bridgehead atoms. The maximum atomic E-state index is 9.20. The van der Waals surface area contributed by atoms with Crippen LogP contribution in [0.5, 0.6) is 11.5 Å². The fourth-order valence-electron chi connectivity index (χ4n) is 3.80. The molecule has 5 nitrogen and oxygen atoms in total. The van der Waals surface area contributed by atoms with Gasteiger partial charge in [0, 0.05) is 5.25 Å². The molecule has 1 aliphatic rings. The number of rotatable bonds is 5. The van der Waals surface area contributed by atoms with Gasteiger partial charge in [-0.1, -0.05) is 48.2 Å². The summed E-state index contributed by atoms with van der Waals surface area (Å²) in [5, 5.41) is 9.94. The zero-order chi connectivity index (χ0) is 21.8. The molecule has 2 atom stereocenters. The summed E-state index contributed by atoms with van der Waals surface area (Å²) in [4.78, 5) is 4.72. The van der Waals surface area contributed by atoms with Crippen LogP contribution in [0.15, 0.2) is 71.7 Å². The Balaban J connectivity index is 1.63. The van der Waals surface area contributed by atoms with Crippen LogP contribution >= 0.6 is 11.8 Å². The van der Waals surface area contributed by atoms with Gasteiger partial charge >= 0.3 is 0 Å². The van der Waals surface area contributed by atoms with Gasteiger partial charge in [0.2, 0.25) is 0 Å². The highest BCUT2D eigenvalue weighted by Gasteiger charge is 2.27. The lowest BCUT2D eigenvalue weighted by Crippen LogP contribution is -2.18. The summed E-state index contributed by atoms with van der Waals surface area (Å²) in [5.74, 6) is 1.41. The summed E-state index contributed by atoms with van der Waals surface area (Å²) in [5.41, 5.74) is 11.2. The first-order chi connectivity index (χ1) is 15.1. The van der Waals surface area contributed by atoms with Crippen molar-refractivity contribution in [2.75, 3.05) is 14.2 Å². The molecule has 3 aromatic rings. The second kappa shape index (κ2) is 9.15. The van der Waals surface area contributed by atoms with Gasteiger partial charge in [0.05, 0.1) is 31.9 Å². The van der Waals surface area contributed by atoms with Gasteiger partial charge < -0.3 is 15.2 Å². The monoisotopic (exact) mass is 429 g/mol. The van der Waals surface area contributed by atoms with E-state index in [0.717, 1.165) is 28.7 Å². The number of ether oxygens (including phenoxy) is 2. The van der Waals surface area contributed by atoms with Crippen LogP contribution in [-0.2, 0) is 0 Å². The number of hydrogen-bond acceptors (Lipinski definition) is 6. The van der Waals surface area contributed by atoms with Crippen LogP contribution in [0, 0.1) is 11.3 Å². The number of hydrogen-bond donors (Lipinski definition) is 1. The maximum absolute atomic E-state index is 9.20. The van der Waals surface area contributed by atoms with Gasteiger partial charge in [-0.25, -0.2) is 0 Å². The van der Waals surface area contributed by atoms with Gasteiger partial charge in [-0.05, 0) is 59.0 Å². The Hall–Kier alpha value is -3.43. The number of benzene rings is 3. The Bertz CT molecular complexity index is 1170. The Kier molecular flexibility index (Phi) is 6.15. The zero-order valence-corrected chi connectivity index (χ0v) is 18.2. The SMILES string of the molecule is COc1ccc([C@@H]2C[C@@H](c3cccc(-c4cccc(C#N)c4)c3)N=C(N)S2)cc1OC. The summed E-state index contributed by atoms with van der Waals surface area (Å²) in [6.07, 6.45) is 0.822. The minimum Gasteiger partial charge on any atom is -0.493 e. The van der Waals surface area contributed by atoms with Gasteiger partial charge in [-0.2, -0.15) is 5.26 Å². The van der Waals surface area contributed by atoms with Crippen LogP contribution in [0.1, 0.15) is 34.4 Å². The van der Waals surface area contributed by atoms with E-state index in [1.54, 1.807) is 26.0 Å². The quantitative estimate of drug-likeness (QED) is 0.581. The van der Waals surface area contributed by atoms with Crippen LogP contribution in [0.3, 0.4) is 0 Å². The zero-order valence-electron chi connectivity index (χ0n) is 17.4. The molecular formula is C25H23N3O2S. The van der Waals surface area contributed by atoms with Gasteiger partial charge in [0.25, 0.3) is 0 Å². The van der Waals surface area contributed by atoms with Crippen molar-refractivity contribution in [3.63, 3.8) is 0 Å². The lowest BCUT2D eigenvalue weighted by atomic mass is 9.95. The van der Waals surface area contributed by atoms with E-state index >= 15 is 0 Å². The van der Waals surface area contributed by atoms with Crippen molar-refractivity contribution in [1.29, 1.82) is 5.26 Å². The van der Waals surface area contributed by atoms with Crippen molar-refractivity contribution in [3.8, 4) is 28.7 Å². The summed E-state index contributed by atoms with van der Waals surface area (Å²) in [7, 11) is 3.27. The van der Waals surface area contributed by atoms with Crippen LogP contribution in [0.25, 0.3) is 11.1 Å². The number of methoxy groups -OCH3 is 2. The van der Waals surface area contributed by atoms with E-state index in [9.17, 15) is 5.26 Å². The van der Waals surface area contributed by atoms with E-state index in [1.807, 2.05) is 42.5 Å². The number of nitriles is 1. The fraction of sp³-hybridized carbons (Fsp3) is 0.200. The molecule has 0 fully saturated rings. The van der Waals surface area contributed by atoms with Crippen molar-refractivity contribution >= 4 is 16.9 Å². The number of nitrogens with two attached hydrogens (primary N) is 1. The van der Waals surface area contributed by atoms with Crippen molar-refractivity contribution < 1.29 is 9.47 Å². The van der Waals surface area contributed by atoms with E-state index in [2.05, 4.69) is 30.3 Å². The molecule has 0 saturated carbocycles. The molecule has 4 rings (SSSR count). The van der Waals surface area contributed by atoms with Crippen LogP contribution in [0.4, 0.5) is 0 Å². The predicted molar refractivity (Wildman–Crippen MR) is 125 cm³/mol. The maximum Gasteiger partial charge on any atom is 0.161 e. The first-order valence-corrected chi connectivity index (χ1v) is 10.8. The smallest absolute Gasteiger partial charge is 0.161 e. The molecule has 0 spiro atoms. The van der Waals surface area contributed by atoms with Crippen LogP contribution < -0.4 is 15.2 Å². The number of nitrogens with zero attached hydrogens (tertiary/aromatic N) is 2. The van der Waals surface area contributed by atoms with E-state index < -0.39 is 0 Å². The van der Waals surface area contributed by atoms with Crippen LogP contribution in [0.2, 0.25) is 0 Å². The summed E-state index contributed by atoms with van der Waals surface area (Å²) < 4.78 is 10.8. The molecule has 2 N–H and O–H groups in total. The Labute approximate surface area is 186 Å². The molecule has 0 aliphatic carbocycles. The lowest BCUT2D eigenvalue weighted by molar-refractivity contribution is 0.354. The van der Waals surface area contributed by atoms with Gasteiger partial charge in [0.1, 0.15) is 0 Å². The van der Waals surface area contributed by atoms with Crippen LogP contribution in [-0.4, -0.2) is 19.4 Å². The van der Waals surface area contributed by atoms with Gasteiger partial charge in [-0.15, -0.1) is 0 Å². The molecule has 0 aromatic heterocycles. The molecule has 31 heavy (non-hydrogen) atoms. The largest absolute Gasteiger partial charge is 0.493 e. The minimum absolute atomic E-state index is 0.0431. The highest BCUT2D eigenvalue weighted by molar-refractivity contribution is 8.14. The summed E-state index contributed by atoms with van der Waals surface area (Å²) >= 11 is 1.57. The van der Waals surface area contributed by atoms with Gasteiger partial charge in [-0.3, -0.25) is 4.99 Å². The fourth-order valence-corrected chi connectivity index (χ4v) is 4.84. The highest BCUT2D eigenvalue weighted by Crippen LogP contribution is 2.45. The van der Waals surface area contributed by atoms with Crippen molar-refractivity contribution in [2.24, 2.45) is 10.7 Å². The molecule has 0 radical (unpaired) electrons. The minimum atomic E-state index is -0.0431. The van der Waals surface area contributed by atoms with Crippen molar-refractivity contribution in [3.05, 3.63) is 83.4 Å². The predicted octanol–water partition coefficient (Wildman–Crippen LogP) is 5.48. The normalized spacial score (nSPS) is 18.0. The number of amidine groups is 1. The molecule has 0 saturated heterocycles. The van der Waals surface area contributed by atoms with Crippen molar-refractivity contribution in [1.82, 2.24) is 0 Å². The molecule has 156 valence electrons. The molecule has 0 unspecified atom stereocenters. The highest BCUT2D eigenvalue weighted by atomic mass is 32.2. The Morgan fingerprint density at radius 2 is 1.68 bits per heavy atom. The molecule has 3 aromatic carbocycles. The first kappa shape index (κ1) is 20.8. The Morgan fingerprint density at radius 3 is 2.42 bits per heavy atom. The third kappa shape index (κ3) is 4.52. The van der Waals surface area contributed by atoms with E-state index in [1.165, 1.54) is 0 Å². The second-order valence-corrected chi connectivity index (χ2v) is 8.48. The number of aliphatic imine (C=N–C) groups is 1. The van der Waals surface area contributed by atoms with E-state index in [4.69, 9.17) is 20.2 Å². The average molecular weight is 430 g/mol. The standard InChI is InChI=1S/C25H23N3O2S/c1-29-22-10-9-20(13-23(22)30-2)24-14-21(28-25(27)31-24)19-8-4-7-18(12-19)17-6-3-5-16(11-17)15-26/h3-13,21,24H,14H2,1-2H3,(H2,27,28)/t21-,24-/m0/s1. The lowest BCUT2D eigenvalue weighted by Gasteiger charge is -2.27. The first-order valence-electron chi connectivity index (χ1n) is 9.93. The summed E-state index contributed by atoms with van der Waals surface area (Å²) in [6, 6.07) is 24.1. The second-order valence-electron chi connectivity index (χ2n) is 7.26. The van der Waals surface area contributed by atoms with E-state index in [0.29, 0.717) is 22.2 Å². The average Bonchev–Trinajstić information content (AvgIpc) is 2.83. The van der Waals surface area contributed by atoms with Gasteiger partial charge in [0.15, 0.2) is 16.7 Å². The molecular weight excluding hydrogens is 406 g/mol. The third-order valence-corrected chi connectivity index (χ3v) is 6.46. The van der Waals surface area contributed by atoms with Crippen molar-refractivity contribution in [2.45, 2.75) is 17.7 Å². The number of thioether (sulfide) groups is 1.